The van der Waals surface area contributed by atoms with Gasteiger partial charge in [0.05, 0.1) is 11.7 Å². The lowest BCUT2D eigenvalue weighted by Gasteiger charge is -2.27. The zero-order valence-corrected chi connectivity index (χ0v) is 9.17. The Balaban J connectivity index is 2.12. The monoisotopic (exact) mass is 245 g/mol. The van der Waals surface area contributed by atoms with Crippen LogP contribution in [0.1, 0.15) is 23.5 Å². The highest BCUT2D eigenvalue weighted by atomic mass is 19.4. The van der Waals surface area contributed by atoms with Gasteiger partial charge in [-0.3, -0.25) is 0 Å². The van der Waals surface area contributed by atoms with Crippen molar-refractivity contribution in [1.82, 2.24) is 5.32 Å². The molecule has 0 aliphatic carbocycles. The molecule has 0 aromatic heterocycles. The van der Waals surface area contributed by atoms with E-state index in [9.17, 15) is 18.3 Å². The maximum atomic E-state index is 12.4. The van der Waals surface area contributed by atoms with E-state index >= 15 is 0 Å². The summed E-state index contributed by atoms with van der Waals surface area (Å²) in [5, 5.41) is 12.5. The Labute approximate surface area is 97.5 Å². The zero-order valence-electron chi connectivity index (χ0n) is 9.17. The summed E-state index contributed by atoms with van der Waals surface area (Å²) in [4.78, 5) is 0. The second-order valence-corrected chi connectivity index (χ2v) is 4.36. The molecule has 0 radical (unpaired) electrons. The Kier molecular flexibility index (Phi) is 3.40. The van der Waals surface area contributed by atoms with E-state index in [-0.39, 0.29) is 5.92 Å². The normalized spacial score (nSPS) is 25.9. The van der Waals surface area contributed by atoms with E-state index in [0.29, 0.717) is 19.5 Å². The molecule has 2 nitrogen and oxygen atoms in total. The zero-order chi connectivity index (χ0) is 12.5. The Morgan fingerprint density at radius 2 is 1.76 bits per heavy atom. The summed E-state index contributed by atoms with van der Waals surface area (Å²) < 4.78 is 37.1. The van der Waals surface area contributed by atoms with E-state index in [1.165, 1.54) is 12.1 Å². The van der Waals surface area contributed by atoms with E-state index in [1.54, 1.807) is 0 Å². The molecule has 2 atom stereocenters. The number of rotatable bonds is 1. The van der Waals surface area contributed by atoms with Gasteiger partial charge in [0.15, 0.2) is 0 Å². The Bertz CT molecular complexity index is 374. The second kappa shape index (κ2) is 4.66. The maximum absolute atomic E-state index is 12.4. The number of aliphatic hydroxyl groups is 1. The van der Waals surface area contributed by atoms with Gasteiger partial charge in [0, 0.05) is 13.1 Å². The van der Waals surface area contributed by atoms with Gasteiger partial charge in [-0.2, -0.15) is 13.2 Å². The third kappa shape index (κ3) is 2.98. The van der Waals surface area contributed by atoms with Crippen LogP contribution in [0.25, 0.3) is 0 Å². The highest BCUT2D eigenvalue weighted by Gasteiger charge is 2.30. The van der Waals surface area contributed by atoms with Crippen LogP contribution in [0.5, 0.6) is 0 Å². The Morgan fingerprint density at radius 1 is 1.12 bits per heavy atom. The summed E-state index contributed by atoms with van der Waals surface area (Å²) in [5.41, 5.74) is 0.204. The molecule has 1 aliphatic rings. The van der Waals surface area contributed by atoms with Crippen LogP contribution < -0.4 is 5.32 Å². The van der Waals surface area contributed by atoms with E-state index in [1.807, 2.05) is 0 Å². The van der Waals surface area contributed by atoms with Crippen LogP contribution in [-0.2, 0) is 6.18 Å². The summed E-state index contributed by atoms with van der Waals surface area (Å²) in [5.74, 6) is 0.0843. The van der Waals surface area contributed by atoms with Crippen LogP contribution in [0.3, 0.4) is 0 Å². The maximum Gasteiger partial charge on any atom is 0.416 e. The standard InChI is InChI=1S/C12H14F3NO/c13-12(14,15)10-3-1-8(2-4-10)9-5-11(17)7-16-6-9/h1-4,9,11,16-17H,5-7H2/t9-,11+/m1/s1. The molecule has 2 N–H and O–H groups in total. The quantitative estimate of drug-likeness (QED) is 0.794. The molecular formula is C12H14F3NO. The van der Waals surface area contributed by atoms with Crippen LogP contribution in [-0.4, -0.2) is 24.3 Å². The fourth-order valence-electron chi connectivity index (χ4n) is 2.12. The van der Waals surface area contributed by atoms with Gasteiger partial charge in [-0.1, -0.05) is 12.1 Å². The SMILES string of the molecule is O[C@@H]1CNC[C@H](c2ccc(C(F)(F)F)cc2)C1. The molecule has 1 aliphatic heterocycles. The van der Waals surface area contributed by atoms with Crippen LogP contribution in [0.2, 0.25) is 0 Å². The van der Waals surface area contributed by atoms with Gasteiger partial charge in [-0.25, -0.2) is 0 Å². The van der Waals surface area contributed by atoms with Crippen molar-refractivity contribution in [2.75, 3.05) is 13.1 Å². The molecule has 0 unspecified atom stereocenters. The minimum atomic E-state index is -4.29. The highest BCUT2D eigenvalue weighted by Crippen LogP contribution is 2.31. The van der Waals surface area contributed by atoms with Crippen LogP contribution in [0.4, 0.5) is 13.2 Å². The van der Waals surface area contributed by atoms with Crippen molar-refractivity contribution in [2.45, 2.75) is 24.6 Å². The number of benzene rings is 1. The third-order valence-corrected chi connectivity index (χ3v) is 3.04. The summed E-state index contributed by atoms with van der Waals surface area (Å²) in [6.07, 6.45) is -4.11. The van der Waals surface area contributed by atoms with Crippen molar-refractivity contribution in [3.63, 3.8) is 0 Å². The predicted molar refractivity (Wildman–Crippen MR) is 57.7 cm³/mol. The molecule has 0 saturated carbocycles. The minimum Gasteiger partial charge on any atom is -0.392 e. The predicted octanol–water partition coefficient (Wildman–Crippen LogP) is 2.14. The van der Waals surface area contributed by atoms with Gasteiger partial charge in [0.1, 0.15) is 0 Å². The first-order valence-corrected chi connectivity index (χ1v) is 5.53. The summed E-state index contributed by atoms with van der Waals surface area (Å²) in [6, 6.07) is 5.17. The van der Waals surface area contributed by atoms with E-state index in [0.717, 1.165) is 17.7 Å². The molecule has 1 fully saturated rings. The van der Waals surface area contributed by atoms with Gasteiger partial charge in [-0.05, 0) is 30.0 Å². The van der Waals surface area contributed by atoms with Crippen LogP contribution in [0, 0.1) is 0 Å². The van der Waals surface area contributed by atoms with Crippen molar-refractivity contribution in [3.05, 3.63) is 35.4 Å². The van der Waals surface area contributed by atoms with Crippen molar-refractivity contribution in [3.8, 4) is 0 Å². The van der Waals surface area contributed by atoms with Crippen molar-refractivity contribution in [2.24, 2.45) is 0 Å². The smallest absolute Gasteiger partial charge is 0.392 e. The number of β-amino-alcohol motifs (C(OH)–C–C–N with tert-alkyl or cyclic N) is 1. The fraction of sp³-hybridized carbons (Fsp3) is 0.500. The van der Waals surface area contributed by atoms with Crippen molar-refractivity contribution < 1.29 is 18.3 Å². The second-order valence-electron chi connectivity index (χ2n) is 4.36. The fourth-order valence-corrected chi connectivity index (χ4v) is 2.12. The lowest BCUT2D eigenvalue weighted by Crippen LogP contribution is -2.38. The number of halogens is 3. The molecule has 1 aromatic carbocycles. The van der Waals surface area contributed by atoms with Crippen molar-refractivity contribution >= 4 is 0 Å². The Hall–Kier alpha value is -1.07. The number of hydrogen-bond donors (Lipinski definition) is 2. The number of nitrogens with one attached hydrogen (secondary N) is 1. The molecule has 1 heterocycles. The average molecular weight is 245 g/mol. The number of alkyl halides is 3. The number of hydrogen-bond acceptors (Lipinski definition) is 2. The largest absolute Gasteiger partial charge is 0.416 e. The molecule has 0 bridgehead atoms. The molecule has 17 heavy (non-hydrogen) atoms. The first-order chi connectivity index (χ1) is 7.97. The molecule has 0 amide bonds. The van der Waals surface area contributed by atoms with Crippen LogP contribution >= 0.6 is 0 Å². The van der Waals surface area contributed by atoms with Gasteiger partial charge in [-0.15, -0.1) is 0 Å². The molecule has 1 saturated heterocycles. The lowest BCUT2D eigenvalue weighted by atomic mass is 9.90. The molecule has 1 aromatic rings. The molecular weight excluding hydrogens is 231 g/mol. The summed E-state index contributed by atoms with van der Waals surface area (Å²) in [7, 11) is 0. The highest BCUT2D eigenvalue weighted by molar-refractivity contribution is 5.27. The summed E-state index contributed by atoms with van der Waals surface area (Å²) >= 11 is 0. The van der Waals surface area contributed by atoms with Crippen molar-refractivity contribution in [1.29, 1.82) is 0 Å². The van der Waals surface area contributed by atoms with Gasteiger partial charge < -0.3 is 10.4 Å². The van der Waals surface area contributed by atoms with E-state index in [4.69, 9.17) is 0 Å². The molecule has 0 spiro atoms. The minimum absolute atomic E-state index is 0.0843. The van der Waals surface area contributed by atoms with E-state index in [2.05, 4.69) is 5.32 Å². The van der Waals surface area contributed by atoms with Gasteiger partial charge in [0.2, 0.25) is 0 Å². The van der Waals surface area contributed by atoms with Gasteiger partial charge >= 0.3 is 6.18 Å². The van der Waals surface area contributed by atoms with Crippen LogP contribution in [0.15, 0.2) is 24.3 Å². The molecule has 2 rings (SSSR count). The van der Waals surface area contributed by atoms with Gasteiger partial charge in [0.25, 0.3) is 0 Å². The lowest BCUT2D eigenvalue weighted by molar-refractivity contribution is -0.137. The first-order valence-electron chi connectivity index (χ1n) is 5.53. The average Bonchev–Trinajstić information content (AvgIpc) is 2.28. The number of piperidine rings is 1. The first kappa shape index (κ1) is 12.4. The topological polar surface area (TPSA) is 32.3 Å². The summed E-state index contributed by atoms with van der Waals surface area (Å²) in [6.45, 7) is 1.25. The third-order valence-electron chi connectivity index (χ3n) is 3.04. The Morgan fingerprint density at radius 3 is 2.29 bits per heavy atom. The molecule has 5 heteroatoms. The molecule has 94 valence electrons. The number of aliphatic hydroxyl groups excluding tert-OH is 1. The van der Waals surface area contributed by atoms with E-state index < -0.39 is 17.8 Å².